The molecule has 0 saturated heterocycles. The molecule has 1 unspecified atom stereocenters. The predicted octanol–water partition coefficient (Wildman–Crippen LogP) is 7.92. The van der Waals surface area contributed by atoms with Crippen molar-refractivity contribution in [1.29, 1.82) is 5.26 Å². The van der Waals surface area contributed by atoms with E-state index in [1.54, 1.807) is 13.8 Å². The molecule has 1 aromatic heterocycles. The van der Waals surface area contributed by atoms with Gasteiger partial charge in [0.25, 0.3) is 5.69 Å². The third-order valence-corrected chi connectivity index (χ3v) is 7.65. The Kier molecular flexibility index (Phi) is 8.36. The fourth-order valence-electron chi connectivity index (χ4n) is 4.21. The highest BCUT2D eigenvalue weighted by molar-refractivity contribution is 8.00. The Labute approximate surface area is 238 Å². The van der Waals surface area contributed by atoms with Crippen LogP contribution in [-0.4, -0.2) is 21.1 Å². The van der Waals surface area contributed by atoms with E-state index < -0.39 is 10.2 Å². The molecule has 1 N–H and O–H groups in total. The molecule has 0 fully saturated rings. The van der Waals surface area contributed by atoms with Crippen LogP contribution in [-0.2, 0) is 10.2 Å². The van der Waals surface area contributed by atoms with E-state index in [2.05, 4.69) is 44.3 Å². The summed E-state index contributed by atoms with van der Waals surface area (Å²) in [6.07, 6.45) is 0. The van der Waals surface area contributed by atoms with E-state index in [9.17, 15) is 20.2 Å². The van der Waals surface area contributed by atoms with E-state index in [4.69, 9.17) is 4.98 Å². The standard InChI is InChI=1S/C32H30N4O3S/c1-20-17-25(36(38)39)15-16-28(20)34-30(37)21(2)40-31-27(19-33)26(18-29(35-31)23-9-7-6-8-10-23)22-11-13-24(14-12-22)32(3,4)5/h6-18,21H,1-5H3,(H,34,37). The van der Waals surface area contributed by atoms with E-state index in [0.717, 1.165) is 16.7 Å². The maximum Gasteiger partial charge on any atom is 0.269 e. The van der Waals surface area contributed by atoms with Crippen molar-refractivity contribution >= 4 is 29.0 Å². The van der Waals surface area contributed by atoms with Gasteiger partial charge in [0.2, 0.25) is 5.91 Å². The van der Waals surface area contributed by atoms with Crippen LogP contribution in [0.1, 0.15) is 44.4 Å². The number of benzene rings is 3. The lowest BCUT2D eigenvalue weighted by molar-refractivity contribution is -0.384. The monoisotopic (exact) mass is 550 g/mol. The van der Waals surface area contributed by atoms with Gasteiger partial charge in [-0.05, 0) is 48.1 Å². The number of non-ortho nitro benzene ring substituents is 1. The Bertz CT molecular complexity index is 1600. The van der Waals surface area contributed by atoms with Crippen LogP contribution >= 0.6 is 11.8 Å². The van der Waals surface area contributed by atoms with Crippen molar-refractivity contribution in [3.05, 3.63) is 106 Å². The number of amides is 1. The second-order valence-corrected chi connectivity index (χ2v) is 11.9. The molecular weight excluding hydrogens is 520 g/mol. The van der Waals surface area contributed by atoms with Gasteiger partial charge in [0.05, 0.1) is 21.4 Å². The zero-order valence-corrected chi connectivity index (χ0v) is 23.9. The zero-order valence-electron chi connectivity index (χ0n) is 23.1. The molecule has 1 heterocycles. The molecule has 4 rings (SSSR count). The first-order valence-electron chi connectivity index (χ1n) is 12.8. The fourth-order valence-corrected chi connectivity index (χ4v) is 5.13. The summed E-state index contributed by atoms with van der Waals surface area (Å²) in [4.78, 5) is 28.6. The van der Waals surface area contributed by atoms with Gasteiger partial charge < -0.3 is 5.32 Å². The molecule has 40 heavy (non-hydrogen) atoms. The Balaban J connectivity index is 1.71. The smallest absolute Gasteiger partial charge is 0.269 e. The summed E-state index contributed by atoms with van der Waals surface area (Å²) >= 11 is 1.21. The SMILES string of the molecule is Cc1cc([N+](=O)[O-])ccc1NC(=O)C(C)Sc1nc(-c2ccccc2)cc(-c2ccc(C(C)(C)C)cc2)c1C#N. The van der Waals surface area contributed by atoms with Crippen LogP contribution in [0.25, 0.3) is 22.4 Å². The van der Waals surface area contributed by atoms with Crippen LogP contribution in [0.15, 0.2) is 83.9 Å². The first-order valence-corrected chi connectivity index (χ1v) is 13.7. The average molecular weight is 551 g/mol. The van der Waals surface area contributed by atoms with Crippen LogP contribution < -0.4 is 5.32 Å². The molecule has 0 aliphatic rings. The molecule has 4 aromatic rings. The van der Waals surface area contributed by atoms with Gasteiger partial charge in [-0.25, -0.2) is 4.98 Å². The van der Waals surface area contributed by atoms with Gasteiger partial charge in [-0.1, -0.05) is 87.1 Å². The topological polar surface area (TPSA) is 109 Å². The van der Waals surface area contributed by atoms with Gasteiger partial charge in [0, 0.05) is 28.9 Å². The molecule has 1 atom stereocenters. The van der Waals surface area contributed by atoms with E-state index >= 15 is 0 Å². The summed E-state index contributed by atoms with van der Waals surface area (Å²) in [7, 11) is 0. The number of anilines is 1. The van der Waals surface area contributed by atoms with Gasteiger partial charge in [-0.2, -0.15) is 5.26 Å². The van der Waals surface area contributed by atoms with Gasteiger partial charge in [0.1, 0.15) is 11.1 Å². The summed E-state index contributed by atoms with van der Waals surface area (Å²) in [5.74, 6) is -0.297. The van der Waals surface area contributed by atoms with Gasteiger partial charge in [-0.15, -0.1) is 0 Å². The number of nitro groups is 1. The van der Waals surface area contributed by atoms with Crippen LogP contribution in [0.4, 0.5) is 11.4 Å². The normalized spacial score (nSPS) is 11.9. The Hall–Kier alpha value is -4.48. The molecule has 7 nitrogen and oxygen atoms in total. The van der Waals surface area contributed by atoms with Gasteiger partial charge in [0.15, 0.2) is 0 Å². The molecule has 202 valence electrons. The van der Waals surface area contributed by atoms with Crippen molar-refractivity contribution in [1.82, 2.24) is 4.98 Å². The second kappa shape index (κ2) is 11.7. The van der Waals surface area contributed by atoms with Crippen molar-refractivity contribution < 1.29 is 9.72 Å². The number of aryl methyl sites for hydroxylation is 1. The third-order valence-electron chi connectivity index (χ3n) is 6.57. The second-order valence-electron chi connectivity index (χ2n) is 10.5. The highest BCUT2D eigenvalue weighted by Gasteiger charge is 2.23. The molecule has 8 heteroatoms. The number of pyridine rings is 1. The summed E-state index contributed by atoms with van der Waals surface area (Å²) < 4.78 is 0. The molecular formula is C32H30N4O3S. The fraction of sp³-hybridized carbons (Fsp3) is 0.219. The molecule has 1 amide bonds. The number of rotatable bonds is 7. The average Bonchev–Trinajstić information content (AvgIpc) is 2.93. The molecule has 0 saturated carbocycles. The van der Waals surface area contributed by atoms with Gasteiger partial charge >= 0.3 is 0 Å². The number of hydrogen-bond acceptors (Lipinski definition) is 6. The van der Waals surface area contributed by atoms with E-state index in [0.29, 0.717) is 27.5 Å². The Morgan fingerprint density at radius 1 is 1.02 bits per heavy atom. The maximum atomic E-state index is 13.2. The van der Waals surface area contributed by atoms with Crippen molar-refractivity contribution in [2.75, 3.05) is 5.32 Å². The highest BCUT2D eigenvalue weighted by Crippen LogP contribution is 2.37. The molecule has 0 radical (unpaired) electrons. The first-order chi connectivity index (χ1) is 19.0. The van der Waals surface area contributed by atoms with Crippen LogP contribution in [0.2, 0.25) is 0 Å². The zero-order chi connectivity index (χ0) is 29.0. The maximum absolute atomic E-state index is 13.2. The lowest BCUT2D eigenvalue weighted by atomic mass is 9.86. The summed E-state index contributed by atoms with van der Waals surface area (Å²) in [6, 6.07) is 26.5. The molecule has 0 spiro atoms. The number of hydrogen-bond donors (Lipinski definition) is 1. The summed E-state index contributed by atoms with van der Waals surface area (Å²) in [5.41, 5.74) is 5.88. The quantitative estimate of drug-likeness (QED) is 0.142. The first kappa shape index (κ1) is 28.5. The minimum Gasteiger partial charge on any atom is -0.325 e. The molecule has 0 bridgehead atoms. The predicted molar refractivity (Wildman–Crippen MR) is 160 cm³/mol. The van der Waals surface area contributed by atoms with Gasteiger partial charge in [-0.3, -0.25) is 14.9 Å². The third kappa shape index (κ3) is 6.38. The molecule has 3 aromatic carbocycles. The lowest BCUT2D eigenvalue weighted by Crippen LogP contribution is -2.23. The molecule has 0 aliphatic heterocycles. The number of carbonyl (C=O) groups excluding carboxylic acids is 1. The number of thioether (sulfide) groups is 1. The van der Waals surface area contributed by atoms with Crippen molar-refractivity contribution in [2.45, 2.75) is 50.3 Å². The number of nitriles is 1. The largest absolute Gasteiger partial charge is 0.325 e. The van der Waals surface area contributed by atoms with E-state index in [1.807, 2.05) is 48.5 Å². The van der Waals surface area contributed by atoms with Crippen molar-refractivity contribution in [3.63, 3.8) is 0 Å². The minimum absolute atomic E-state index is 0.00410. The number of aromatic nitrogens is 1. The van der Waals surface area contributed by atoms with Crippen molar-refractivity contribution in [2.24, 2.45) is 0 Å². The number of nitro benzene ring substituents is 1. The number of nitrogens with one attached hydrogen (secondary N) is 1. The number of nitrogens with zero attached hydrogens (tertiary/aromatic N) is 3. The highest BCUT2D eigenvalue weighted by atomic mass is 32.2. The van der Waals surface area contributed by atoms with Crippen LogP contribution in [0, 0.1) is 28.4 Å². The van der Waals surface area contributed by atoms with Crippen LogP contribution in [0.3, 0.4) is 0 Å². The Morgan fingerprint density at radius 3 is 2.27 bits per heavy atom. The Morgan fingerprint density at radius 2 is 1.70 bits per heavy atom. The van der Waals surface area contributed by atoms with E-state index in [-0.39, 0.29) is 17.0 Å². The minimum atomic E-state index is -0.601. The number of carbonyl (C=O) groups is 1. The van der Waals surface area contributed by atoms with Crippen LogP contribution in [0.5, 0.6) is 0 Å². The summed E-state index contributed by atoms with van der Waals surface area (Å²) in [5, 5.41) is 24.0. The van der Waals surface area contributed by atoms with E-state index in [1.165, 1.54) is 35.5 Å². The van der Waals surface area contributed by atoms with Crippen molar-refractivity contribution in [3.8, 4) is 28.5 Å². The summed E-state index contributed by atoms with van der Waals surface area (Å²) in [6.45, 7) is 9.92. The molecule has 0 aliphatic carbocycles. The lowest BCUT2D eigenvalue weighted by Gasteiger charge is -2.20.